The summed E-state index contributed by atoms with van der Waals surface area (Å²) in [4.78, 5) is 24.9. The van der Waals surface area contributed by atoms with Crippen molar-refractivity contribution in [1.82, 2.24) is 4.57 Å². The minimum atomic E-state index is -1.36. The number of aromatic carboxylic acids is 1. The zero-order valence-electron chi connectivity index (χ0n) is 19.5. The summed E-state index contributed by atoms with van der Waals surface area (Å²) in [6.07, 6.45) is 6.32. The first kappa shape index (κ1) is 23.0. The quantitative estimate of drug-likeness (QED) is 0.343. The zero-order valence-corrected chi connectivity index (χ0v) is 19.5. The van der Waals surface area contributed by atoms with Crippen molar-refractivity contribution in [3.63, 3.8) is 0 Å². The highest BCUT2D eigenvalue weighted by molar-refractivity contribution is 6.03. The molecule has 2 heterocycles. The van der Waals surface area contributed by atoms with Gasteiger partial charge >= 0.3 is 5.97 Å². The average Bonchev–Trinajstić information content (AvgIpc) is 3.32. The molecule has 35 heavy (non-hydrogen) atoms. The lowest BCUT2D eigenvalue weighted by atomic mass is 9.93. The van der Waals surface area contributed by atoms with Gasteiger partial charge in [-0.05, 0) is 43.4 Å². The Kier molecular flexibility index (Phi) is 5.78. The Balaban J connectivity index is 1.54. The fourth-order valence-electron chi connectivity index (χ4n) is 5.40. The van der Waals surface area contributed by atoms with Crippen LogP contribution in [-0.2, 0) is 12.0 Å². The highest BCUT2D eigenvalue weighted by atomic mass is 19.1. The molecule has 9 heteroatoms. The normalized spacial score (nSPS) is 15.8. The summed E-state index contributed by atoms with van der Waals surface area (Å²) in [6.45, 7) is 0.719. The number of hydrogen-bond acceptors (Lipinski definition) is 6. The number of fused-ring (bicyclic) bond motifs is 1. The van der Waals surface area contributed by atoms with E-state index in [2.05, 4.69) is 5.32 Å². The number of nitrogens with two attached hydrogens (primary N) is 1. The van der Waals surface area contributed by atoms with E-state index in [1.54, 1.807) is 7.11 Å². The summed E-state index contributed by atoms with van der Waals surface area (Å²) < 4.78 is 28.7. The molecule has 0 unspecified atom stereocenters. The number of methoxy groups -OCH3 is 1. The Morgan fingerprint density at radius 2 is 2.11 bits per heavy atom. The molecular weight excluding hydrogens is 453 g/mol. The van der Waals surface area contributed by atoms with Crippen LogP contribution in [0, 0.1) is 5.82 Å². The van der Waals surface area contributed by atoms with E-state index in [0.717, 1.165) is 43.4 Å². The van der Waals surface area contributed by atoms with E-state index < -0.39 is 28.3 Å². The molecule has 0 atom stereocenters. The van der Waals surface area contributed by atoms with Crippen molar-refractivity contribution in [1.29, 1.82) is 0 Å². The molecular formula is C26H28FN3O5. The Morgan fingerprint density at radius 3 is 2.83 bits per heavy atom. The Bertz CT molecular complexity index is 1380. The second-order valence-corrected chi connectivity index (χ2v) is 9.30. The molecule has 8 nitrogen and oxygen atoms in total. The topological polar surface area (TPSA) is 116 Å². The molecule has 1 aromatic heterocycles. The third kappa shape index (κ3) is 3.75. The first-order valence-electron chi connectivity index (χ1n) is 11.8. The number of aryl methyl sites for hydroxylation is 1. The van der Waals surface area contributed by atoms with Crippen molar-refractivity contribution >= 4 is 28.2 Å². The summed E-state index contributed by atoms with van der Waals surface area (Å²) in [5.74, 6) is -1.18. The van der Waals surface area contributed by atoms with Gasteiger partial charge in [0.25, 0.3) is 0 Å². The molecule has 2 aliphatic rings. The van der Waals surface area contributed by atoms with Gasteiger partial charge < -0.3 is 30.2 Å². The minimum Gasteiger partial charge on any atom is -0.497 e. The molecule has 1 aliphatic heterocycles. The van der Waals surface area contributed by atoms with Gasteiger partial charge in [-0.2, -0.15) is 0 Å². The average molecular weight is 482 g/mol. The van der Waals surface area contributed by atoms with Crippen molar-refractivity contribution < 1.29 is 23.8 Å². The highest BCUT2D eigenvalue weighted by Gasteiger charge is 2.43. The SMILES string of the molecule is COc1cccc(CCCNc2c(F)c(N)c3c(=O)c(C(=O)O)cn4c3c2OCC42CCCC2)c1. The van der Waals surface area contributed by atoms with E-state index in [1.807, 2.05) is 28.8 Å². The second kappa shape index (κ2) is 8.79. The number of carboxylic acid groups (broad SMARTS) is 1. The van der Waals surface area contributed by atoms with Crippen molar-refractivity contribution in [3.05, 3.63) is 57.6 Å². The van der Waals surface area contributed by atoms with Gasteiger partial charge in [0.05, 0.1) is 29.2 Å². The van der Waals surface area contributed by atoms with Crippen LogP contribution in [0.3, 0.4) is 0 Å². The Hall–Kier alpha value is -3.75. The van der Waals surface area contributed by atoms with Gasteiger partial charge in [0.1, 0.15) is 23.6 Å². The van der Waals surface area contributed by atoms with Gasteiger partial charge in [-0.25, -0.2) is 9.18 Å². The van der Waals surface area contributed by atoms with Crippen LogP contribution in [0.5, 0.6) is 11.5 Å². The number of benzene rings is 2. The number of nitrogen functional groups attached to an aromatic ring is 1. The van der Waals surface area contributed by atoms with Crippen LogP contribution in [0.4, 0.5) is 15.8 Å². The van der Waals surface area contributed by atoms with E-state index in [-0.39, 0.29) is 29.1 Å². The molecule has 0 amide bonds. The number of aromatic nitrogens is 1. The number of carboxylic acids is 1. The maximum atomic E-state index is 15.5. The monoisotopic (exact) mass is 481 g/mol. The summed E-state index contributed by atoms with van der Waals surface area (Å²) in [7, 11) is 1.62. The maximum Gasteiger partial charge on any atom is 0.341 e. The number of pyridine rings is 1. The third-order valence-corrected chi connectivity index (χ3v) is 7.21. The summed E-state index contributed by atoms with van der Waals surface area (Å²) in [6, 6.07) is 7.77. The first-order chi connectivity index (χ1) is 16.9. The molecule has 1 saturated carbocycles. The molecule has 2 aromatic carbocycles. The largest absolute Gasteiger partial charge is 0.497 e. The molecule has 0 radical (unpaired) electrons. The van der Waals surface area contributed by atoms with Gasteiger partial charge in [0, 0.05) is 12.7 Å². The van der Waals surface area contributed by atoms with Gasteiger partial charge in [-0.3, -0.25) is 4.79 Å². The van der Waals surface area contributed by atoms with Crippen LogP contribution in [-0.4, -0.2) is 35.9 Å². The smallest absolute Gasteiger partial charge is 0.341 e. The Morgan fingerprint density at radius 1 is 1.34 bits per heavy atom. The summed E-state index contributed by atoms with van der Waals surface area (Å²) >= 11 is 0. The predicted molar refractivity (Wildman–Crippen MR) is 131 cm³/mol. The van der Waals surface area contributed by atoms with E-state index in [0.29, 0.717) is 18.5 Å². The number of hydrogen-bond donors (Lipinski definition) is 3. The molecule has 1 spiro atoms. The molecule has 184 valence electrons. The standard InChI is InChI=1S/C26H28FN3O5/c1-34-16-8-4-6-15(12-16)7-5-11-29-21-19(27)20(28)18-22-24(21)35-14-26(9-2-3-10-26)30(22)13-17(23(18)31)25(32)33/h4,6,8,12-13,29H,2-3,5,7,9-11,14,28H2,1H3,(H,32,33). The van der Waals surface area contributed by atoms with Crippen LogP contribution in [0.15, 0.2) is 35.3 Å². The summed E-state index contributed by atoms with van der Waals surface area (Å²) in [5, 5.41) is 12.6. The van der Waals surface area contributed by atoms with Gasteiger partial charge in [0.2, 0.25) is 5.43 Å². The Labute approximate surface area is 201 Å². The lowest BCUT2D eigenvalue weighted by molar-refractivity contribution is 0.0692. The maximum absolute atomic E-state index is 15.5. The van der Waals surface area contributed by atoms with Crippen molar-refractivity contribution in [2.24, 2.45) is 0 Å². The zero-order chi connectivity index (χ0) is 24.7. The number of carbonyl (C=O) groups is 1. The van der Waals surface area contributed by atoms with Crippen molar-refractivity contribution in [2.45, 2.75) is 44.1 Å². The van der Waals surface area contributed by atoms with Crippen LogP contribution in [0.25, 0.3) is 10.9 Å². The number of nitrogens with zero attached hydrogens (tertiary/aromatic N) is 1. The van der Waals surface area contributed by atoms with Crippen LogP contribution < -0.4 is 26.0 Å². The fourth-order valence-corrected chi connectivity index (χ4v) is 5.40. The lowest BCUT2D eigenvalue weighted by Gasteiger charge is -2.39. The molecule has 1 aliphatic carbocycles. The van der Waals surface area contributed by atoms with Gasteiger partial charge in [0.15, 0.2) is 11.6 Å². The van der Waals surface area contributed by atoms with Gasteiger partial charge in [-0.15, -0.1) is 0 Å². The summed E-state index contributed by atoms with van der Waals surface area (Å²) in [5.41, 5.74) is 5.64. The van der Waals surface area contributed by atoms with E-state index in [1.165, 1.54) is 6.20 Å². The number of ether oxygens (including phenoxy) is 2. The molecule has 0 saturated heterocycles. The fraction of sp³-hybridized carbons (Fsp3) is 0.385. The molecule has 4 N–H and O–H groups in total. The highest BCUT2D eigenvalue weighted by Crippen LogP contribution is 2.48. The van der Waals surface area contributed by atoms with Crippen LogP contribution in [0.1, 0.15) is 48.0 Å². The second-order valence-electron chi connectivity index (χ2n) is 9.30. The van der Waals surface area contributed by atoms with Crippen LogP contribution >= 0.6 is 0 Å². The van der Waals surface area contributed by atoms with E-state index in [4.69, 9.17) is 15.2 Å². The molecule has 5 rings (SSSR count). The molecule has 0 bridgehead atoms. The molecule has 3 aromatic rings. The van der Waals surface area contributed by atoms with Crippen molar-refractivity contribution in [3.8, 4) is 11.5 Å². The van der Waals surface area contributed by atoms with E-state index in [9.17, 15) is 14.7 Å². The first-order valence-corrected chi connectivity index (χ1v) is 11.8. The van der Waals surface area contributed by atoms with E-state index >= 15 is 4.39 Å². The number of rotatable bonds is 7. The number of nitrogens with one attached hydrogen (secondary N) is 1. The van der Waals surface area contributed by atoms with Gasteiger partial charge in [-0.1, -0.05) is 25.0 Å². The molecule has 1 fully saturated rings. The minimum absolute atomic E-state index is 0.102. The van der Waals surface area contributed by atoms with Crippen LogP contribution in [0.2, 0.25) is 0 Å². The number of halogens is 1. The number of anilines is 2. The third-order valence-electron chi connectivity index (χ3n) is 7.21. The lowest BCUT2D eigenvalue weighted by Crippen LogP contribution is -2.42. The van der Waals surface area contributed by atoms with Crippen molar-refractivity contribution in [2.75, 3.05) is 31.3 Å². The predicted octanol–water partition coefficient (Wildman–Crippen LogP) is 4.14.